The first-order valence-electron chi connectivity index (χ1n) is 45.6. The van der Waals surface area contributed by atoms with E-state index in [-0.39, 0.29) is 5.75 Å². The molecule has 18 nitrogen and oxygen atoms in total. The van der Waals surface area contributed by atoms with Crippen LogP contribution in [-0.2, 0) is 45.4 Å². The average Bonchev–Trinajstić information content (AvgIpc) is 1.42. The lowest BCUT2D eigenvalue weighted by Crippen LogP contribution is -2.04. The summed E-state index contributed by atoms with van der Waals surface area (Å²) >= 11 is 0. The molecule has 0 fully saturated rings. The van der Waals surface area contributed by atoms with Crippen LogP contribution in [0.4, 0.5) is 13.2 Å². The number of nitrogens with zero attached hydrogens (tertiary/aromatic N) is 13. The quantitative estimate of drug-likeness (QED) is 0.0954. The Labute approximate surface area is 809 Å². The second-order valence-electron chi connectivity index (χ2n) is 33.5. The van der Waals surface area contributed by atoms with Crippen LogP contribution in [-0.4, -0.2) is 106 Å². The van der Waals surface area contributed by atoms with Gasteiger partial charge in [0, 0.05) is 141 Å². The van der Waals surface area contributed by atoms with Crippen molar-refractivity contribution in [1.29, 1.82) is 0 Å². The average molecular weight is 1840 g/mol. The molecule has 0 saturated carbocycles. The van der Waals surface area contributed by atoms with E-state index >= 15 is 0 Å². The van der Waals surface area contributed by atoms with Gasteiger partial charge >= 0.3 is 6.18 Å². The number of hydrogen-bond acceptors (Lipinski definition) is 18. The number of hydrogen-bond donors (Lipinski definition) is 1. The molecular formula is C119H92F3N13O5. The van der Waals surface area contributed by atoms with Crippen LogP contribution in [0, 0.1) is 6.92 Å². The number of fused-ring (bicyclic) bond motifs is 6. The van der Waals surface area contributed by atoms with Gasteiger partial charge in [-0.05, 0) is 271 Å². The summed E-state index contributed by atoms with van der Waals surface area (Å²) in [4.78, 5) is 57.8. The van der Waals surface area contributed by atoms with Gasteiger partial charge in [0.1, 0.15) is 17.2 Å². The molecule has 18 aromatic rings. The Balaban J connectivity index is 0.000000107. The second kappa shape index (κ2) is 42.0. The first-order chi connectivity index (χ1) is 68.6. The largest absolute Gasteiger partial charge is 0.508 e. The molecule has 0 radical (unpaired) electrons. The van der Waals surface area contributed by atoms with E-state index in [1.54, 1.807) is 53.0 Å². The third-order valence-electron chi connectivity index (χ3n) is 24.6. The predicted octanol–water partition coefficient (Wildman–Crippen LogP) is 26.6. The maximum atomic E-state index is 12.8. The summed E-state index contributed by atoms with van der Waals surface area (Å²) in [6.45, 7) is 6.58. The fourth-order valence-electron chi connectivity index (χ4n) is 17.4. The number of aryl methyl sites for hydroxylation is 1. The summed E-state index contributed by atoms with van der Waals surface area (Å²) in [6.07, 6.45) is 17.9. The lowest BCUT2D eigenvalue weighted by molar-refractivity contribution is -0.137. The highest BCUT2D eigenvalue weighted by Gasteiger charge is 2.31. The number of methoxy groups -OCH3 is 4. The number of aromatic nitrogens is 7. The van der Waals surface area contributed by atoms with Gasteiger partial charge in [-0.15, -0.1) is 0 Å². The topological polar surface area (TPSA) is 222 Å². The summed E-state index contributed by atoms with van der Waals surface area (Å²) in [5.41, 5.74) is 38.8. The van der Waals surface area contributed by atoms with Crippen LogP contribution >= 0.6 is 0 Å². The molecule has 6 aliphatic rings. The van der Waals surface area contributed by atoms with Gasteiger partial charge in [0.25, 0.3) is 0 Å². The van der Waals surface area contributed by atoms with Crippen molar-refractivity contribution in [3.8, 4) is 163 Å². The van der Waals surface area contributed by atoms with Gasteiger partial charge in [-0.2, -0.15) is 13.2 Å². The minimum atomic E-state index is -4.34. The molecule has 0 bridgehead atoms. The third kappa shape index (κ3) is 20.7. The van der Waals surface area contributed by atoms with E-state index in [1.807, 2.05) is 221 Å². The van der Waals surface area contributed by atoms with Gasteiger partial charge in [0.2, 0.25) is 0 Å². The van der Waals surface area contributed by atoms with Gasteiger partial charge in [-0.1, -0.05) is 152 Å². The molecule has 11 aromatic carbocycles. The van der Waals surface area contributed by atoms with E-state index < -0.39 is 11.7 Å². The molecule has 0 unspecified atom stereocenters. The number of aliphatic imine (C=N–C) groups is 6. The minimum absolute atomic E-state index is 0.246. The zero-order valence-corrected chi connectivity index (χ0v) is 77.2. The number of halogens is 3. The molecule has 0 spiro atoms. The van der Waals surface area contributed by atoms with E-state index in [1.165, 1.54) is 73.3 Å². The van der Waals surface area contributed by atoms with Gasteiger partial charge in [0.15, 0.2) is 11.5 Å². The summed E-state index contributed by atoms with van der Waals surface area (Å²) in [5, 5.41) is 9.72. The van der Waals surface area contributed by atoms with E-state index in [0.29, 0.717) is 29.3 Å². The number of alkyl halides is 3. The molecule has 1 N–H and O–H groups in total. The van der Waals surface area contributed by atoms with E-state index in [4.69, 9.17) is 18.9 Å². The van der Waals surface area contributed by atoms with Crippen molar-refractivity contribution < 1.29 is 37.2 Å². The SMILES string of the molecule is COc1ccc(-c2ncccc2-c2ccc3c(c2)C=NC3)cc1.COc1ccc(-c2ncccc2-c2ccc3c(c2)C=NC3)cc1OC.COc1cccc(-c2ncccc2-c2ccc3c(c2)C=NC3)c1.Cc1cccc(-c2ncccc2-c2ccc3c(c2)C=NC3)n1.FC(F)(F)c1ccc(-c2ncccc2-c2ccc3c(c2)C=NC3)cc1.Oc1cccc(-c2ncccc2-c2ccc3c(c2)C=NC3)c1. The van der Waals surface area contributed by atoms with Gasteiger partial charge in [-0.25, -0.2) is 0 Å². The van der Waals surface area contributed by atoms with Crippen LogP contribution in [0.3, 0.4) is 0 Å². The highest BCUT2D eigenvalue weighted by molar-refractivity contribution is 5.96. The first-order valence-corrected chi connectivity index (χ1v) is 45.6. The van der Waals surface area contributed by atoms with Crippen LogP contribution in [0.2, 0.25) is 0 Å². The Hall–Kier alpha value is -17.7. The zero-order chi connectivity index (χ0) is 95.8. The normalized spacial score (nSPS) is 12.4. The van der Waals surface area contributed by atoms with E-state index in [2.05, 4.69) is 192 Å². The number of ether oxygens (including phenoxy) is 4. The van der Waals surface area contributed by atoms with E-state index in [0.717, 1.165) is 191 Å². The first kappa shape index (κ1) is 91.4. The molecule has 21 heteroatoms. The Bertz CT molecular complexity index is 7700. The highest BCUT2D eigenvalue weighted by atomic mass is 19.4. The maximum Gasteiger partial charge on any atom is 0.416 e. The number of pyridine rings is 7. The van der Waals surface area contributed by atoms with E-state index in [9.17, 15) is 18.3 Å². The summed E-state index contributed by atoms with van der Waals surface area (Å²) < 4.78 is 59.6. The molecule has 0 aliphatic carbocycles. The predicted molar refractivity (Wildman–Crippen MR) is 554 cm³/mol. The Morgan fingerprint density at radius 3 is 0.886 bits per heavy atom. The summed E-state index contributed by atoms with van der Waals surface area (Å²) in [5.74, 6) is 3.32. The Kier molecular flexibility index (Phi) is 27.4. The van der Waals surface area contributed by atoms with Crippen molar-refractivity contribution in [3.05, 3.63) is 431 Å². The monoisotopic (exact) mass is 1840 g/mol. The third-order valence-corrected chi connectivity index (χ3v) is 24.6. The summed E-state index contributed by atoms with van der Waals surface area (Å²) in [6, 6.07) is 103. The van der Waals surface area contributed by atoms with Crippen LogP contribution in [0.15, 0.2) is 383 Å². The van der Waals surface area contributed by atoms with Crippen molar-refractivity contribution in [1.82, 2.24) is 34.9 Å². The molecule has 6 aliphatic heterocycles. The van der Waals surface area contributed by atoms with Gasteiger partial charge in [0.05, 0.1) is 113 Å². The van der Waals surface area contributed by atoms with Crippen LogP contribution in [0.5, 0.6) is 28.7 Å². The molecule has 24 rings (SSSR count). The lowest BCUT2D eigenvalue weighted by Gasteiger charge is -2.13. The smallest absolute Gasteiger partial charge is 0.416 e. The number of benzene rings is 11. The number of aromatic hydroxyl groups is 1. The van der Waals surface area contributed by atoms with Crippen LogP contribution in [0.1, 0.15) is 78.0 Å². The fourth-order valence-corrected chi connectivity index (χ4v) is 17.4. The second-order valence-corrected chi connectivity index (χ2v) is 33.5. The molecule has 0 saturated heterocycles. The molecule has 0 amide bonds. The van der Waals surface area contributed by atoms with Crippen molar-refractivity contribution >= 4 is 37.3 Å². The molecule has 13 heterocycles. The molecule has 7 aromatic heterocycles. The Morgan fingerprint density at radius 1 is 0.250 bits per heavy atom. The van der Waals surface area contributed by atoms with Crippen LogP contribution < -0.4 is 18.9 Å². The number of phenolic OH excluding ortho intramolecular Hbond substituents is 1. The molecule has 684 valence electrons. The lowest BCUT2D eigenvalue weighted by atomic mass is 9.96. The fraction of sp³-hybridized carbons (Fsp3) is 0.101. The Morgan fingerprint density at radius 2 is 0.550 bits per heavy atom. The summed E-state index contributed by atoms with van der Waals surface area (Å²) in [7, 11) is 6.63. The maximum absolute atomic E-state index is 12.8. The number of phenols is 1. The standard InChI is InChI=1S/C21H18N2O2.C20H13F3N2.2C20H16N2O.C19H15N3.C19H14N2O/c1-24-19-8-7-15(11-20(19)25-2)21-18(4-3-9-23-21)14-5-6-16-12-22-13-17(16)10-14;21-20(22,23)17-7-5-13(6-8-17)19-18(2-1-9-25-19)14-3-4-15-11-24-12-16(15)10-14;1-23-18-5-2-4-15(11-18)20-19(6-3-9-22-20)14-7-8-16-12-21-13-17(16)10-14;1-23-18-8-6-14(7-9-18)20-19(3-2-10-22-20)15-4-5-16-12-21-13-17(16)11-15;1-13-4-2-6-18(22-13)19-17(5-3-9-21-19)14-7-8-15-11-20-12-16(15)10-14;22-17-4-1-3-14(10-17)19-18(5-2-8-21-19)13-6-7-15-11-20-12-16(15)9-13/h3-11,13H,12H2,1-2H3;1-10,12H,11H2;2*2-11,13H,12H2,1H3;2-10,12H,11H2,1H3;1-10,12,22H,11H2. The van der Waals surface area contributed by atoms with Crippen molar-refractivity contribution in [3.63, 3.8) is 0 Å². The van der Waals surface area contributed by atoms with Crippen molar-refractivity contribution in [2.75, 3.05) is 28.4 Å². The van der Waals surface area contributed by atoms with Crippen molar-refractivity contribution in [2.45, 2.75) is 52.4 Å². The minimum Gasteiger partial charge on any atom is -0.508 e. The van der Waals surface area contributed by atoms with Crippen LogP contribution in [0.25, 0.3) is 134 Å². The van der Waals surface area contributed by atoms with Gasteiger partial charge < -0.3 is 24.1 Å². The number of rotatable bonds is 16. The highest BCUT2D eigenvalue weighted by Crippen LogP contribution is 2.43. The molecule has 0 atom stereocenters. The molecular weight excluding hydrogens is 1750 g/mol. The van der Waals surface area contributed by atoms with Crippen molar-refractivity contribution in [2.24, 2.45) is 30.0 Å². The van der Waals surface area contributed by atoms with Gasteiger partial charge in [-0.3, -0.25) is 64.8 Å². The molecule has 140 heavy (non-hydrogen) atoms. The zero-order valence-electron chi connectivity index (χ0n) is 77.2.